The van der Waals surface area contributed by atoms with Crippen LogP contribution in [-0.4, -0.2) is 23.3 Å². The molecular formula is C13H15N3O. The maximum Gasteiger partial charge on any atom is 0.346 e. The van der Waals surface area contributed by atoms with Gasteiger partial charge in [-0.25, -0.2) is 4.79 Å². The predicted molar refractivity (Wildman–Crippen MR) is 67.8 cm³/mol. The van der Waals surface area contributed by atoms with Crippen LogP contribution in [0.1, 0.15) is 17.2 Å². The number of hydrogen-bond donors (Lipinski definition) is 1. The Morgan fingerprint density at radius 1 is 1.59 bits per heavy atom. The van der Waals surface area contributed by atoms with E-state index in [2.05, 4.69) is 11.6 Å². The Morgan fingerprint density at radius 3 is 3.00 bits per heavy atom. The van der Waals surface area contributed by atoms with E-state index in [4.69, 9.17) is 5.73 Å². The SMILES string of the molecule is C=CCN1C(=O)N=C(N)C1c1cccc(C)c1. The summed E-state index contributed by atoms with van der Waals surface area (Å²) in [5.41, 5.74) is 7.94. The van der Waals surface area contributed by atoms with E-state index in [0.717, 1.165) is 11.1 Å². The van der Waals surface area contributed by atoms with Gasteiger partial charge in [-0.1, -0.05) is 35.9 Å². The first kappa shape index (κ1) is 11.4. The minimum absolute atomic E-state index is 0.264. The normalized spacial score (nSPS) is 19.4. The van der Waals surface area contributed by atoms with Gasteiger partial charge in [-0.2, -0.15) is 4.99 Å². The molecule has 0 saturated carbocycles. The first-order chi connectivity index (χ1) is 8.13. The van der Waals surface area contributed by atoms with E-state index in [9.17, 15) is 4.79 Å². The van der Waals surface area contributed by atoms with Gasteiger partial charge >= 0.3 is 6.03 Å². The highest BCUT2D eigenvalue weighted by molar-refractivity contribution is 6.03. The number of nitrogens with zero attached hydrogens (tertiary/aromatic N) is 2. The van der Waals surface area contributed by atoms with Crippen molar-refractivity contribution in [3.8, 4) is 0 Å². The van der Waals surface area contributed by atoms with Gasteiger partial charge < -0.3 is 10.6 Å². The molecular weight excluding hydrogens is 214 g/mol. The lowest BCUT2D eigenvalue weighted by Crippen LogP contribution is -2.33. The van der Waals surface area contributed by atoms with Crippen LogP contribution in [0.4, 0.5) is 4.79 Å². The summed E-state index contributed by atoms with van der Waals surface area (Å²) in [7, 11) is 0. The monoisotopic (exact) mass is 229 g/mol. The molecule has 1 aromatic rings. The second-order valence-electron chi connectivity index (χ2n) is 4.08. The van der Waals surface area contributed by atoms with Crippen LogP contribution >= 0.6 is 0 Å². The molecule has 2 amide bonds. The third-order valence-corrected chi connectivity index (χ3v) is 2.75. The van der Waals surface area contributed by atoms with Crippen molar-refractivity contribution in [1.82, 2.24) is 4.90 Å². The van der Waals surface area contributed by atoms with E-state index < -0.39 is 0 Å². The molecule has 0 aliphatic carbocycles. The second kappa shape index (κ2) is 4.41. The number of rotatable bonds is 3. The highest BCUT2D eigenvalue weighted by atomic mass is 16.2. The third-order valence-electron chi connectivity index (χ3n) is 2.75. The Morgan fingerprint density at radius 2 is 2.35 bits per heavy atom. The fourth-order valence-electron chi connectivity index (χ4n) is 2.02. The molecule has 0 radical (unpaired) electrons. The van der Waals surface area contributed by atoms with Crippen LogP contribution in [0.5, 0.6) is 0 Å². The summed E-state index contributed by atoms with van der Waals surface area (Å²) in [5, 5.41) is 0. The van der Waals surface area contributed by atoms with E-state index in [1.807, 2.05) is 31.2 Å². The van der Waals surface area contributed by atoms with Gasteiger partial charge in [0.25, 0.3) is 0 Å². The summed E-state index contributed by atoms with van der Waals surface area (Å²) in [6, 6.07) is 7.36. The van der Waals surface area contributed by atoms with Crippen molar-refractivity contribution in [2.75, 3.05) is 6.54 Å². The number of aryl methyl sites for hydroxylation is 1. The fraction of sp³-hybridized carbons (Fsp3) is 0.231. The number of nitrogens with two attached hydrogens (primary N) is 1. The Bertz CT molecular complexity index is 493. The van der Waals surface area contributed by atoms with Crippen molar-refractivity contribution < 1.29 is 4.79 Å². The molecule has 1 aliphatic heterocycles. The van der Waals surface area contributed by atoms with E-state index >= 15 is 0 Å². The van der Waals surface area contributed by atoms with Gasteiger partial charge in [0, 0.05) is 6.54 Å². The van der Waals surface area contributed by atoms with Gasteiger partial charge in [-0.3, -0.25) is 0 Å². The van der Waals surface area contributed by atoms with Gasteiger partial charge in [0.15, 0.2) is 0 Å². The zero-order valence-corrected chi connectivity index (χ0v) is 9.76. The molecule has 4 heteroatoms. The van der Waals surface area contributed by atoms with Gasteiger partial charge in [0.2, 0.25) is 0 Å². The summed E-state index contributed by atoms with van der Waals surface area (Å²) in [5.74, 6) is 0.349. The molecule has 1 aliphatic rings. The van der Waals surface area contributed by atoms with Crippen LogP contribution in [0, 0.1) is 6.92 Å². The van der Waals surface area contributed by atoms with Crippen LogP contribution in [0.2, 0.25) is 0 Å². The predicted octanol–water partition coefficient (Wildman–Crippen LogP) is 2.01. The zero-order valence-electron chi connectivity index (χ0n) is 9.76. The van der Waals surface area contributed by atoms with Gasteiger partial charge in [0.1, 0.15) is 11.9 Å². The van der Waals surface area contributed by atoms with Crippen LogP contribution in [0.15, 0.2) is 41.9 Å². The van der Waals surface area contributed by atoms with Crippen LogP contribution in [0.3, 0.4) is 0 Å². The quantitative estimate of drug-likeness (QED) is 0.806. The lowest BCUT2D eigenvalue weighted by molar-refractivity contribution is 0.213. The molecule has 2 N–H and O–H groups in total. The highest BCUT2D eigenvalue weighted by Crippen LogP contribution is 2.27. The van der Waals surface area contributed by atoms with Crippen molar-refractivity contribution >= 4 is 11.9 Å². The molecule has 1 aromatic carbocycles. The average molecular weight is 229 g/mol. The van der Waals surface area contributed by atoms with Gasteiger partial charge in [-0.15, -0.1) is 6.58 Å². The number of carbonyl (C=O) groups excluding carboxylic acids is 1. The number of amidine groups is 1. The van der Waals surface area contributed by atoms with Crippen LogP contribution in [-0.2, 0) is 0 Å². The minimum Gasteiger partial charge on any atom is -0.385 e. The van der Waals surface area contributed by atoms with Gasteiger partial charge in [0.05, 0.1) is 0 Å². The Labute approximate surface area is 100 Å². The van der Waals surface area contributed by atoms with E-state index in [1.165, 1.54) is 0 Å². The number of urea groups is 1. The number of carbonyl (C=O) groups is 1. The standard InChI is InChI=1S/C13H15N3O/c1-3-7-16-11(12(14)15-13(16)17)10-6-4-5-9(2)8-10/h3-6,8,11H,1,7H2,2H3,(H2,14,15,17). The minimum atomic E-state index is -0.297. The molecule has 0 spiro atoms. The molecule has 88 valence electrons. The largest absolute Gasteiger partial charge is 0.385 e. The Kier molecular flexibility index (Phi) is 2.95. The Hall–Kier alpha value is -2.10. The molecule has 17 heavy (non-hydrogen) atoms. The molecule has 4 nitrogen and oxygen atoms in total. The van der Waals surface area contributed by atoms with Crippen LogP contribution < -0.4 is 5.73 Å². The first-order valence-corrected chi connectivity index (χ1v) is 5.45. The van der Waals surface area contributed by atoms with E-state index in [1.54, 1.807) is 11.0 Å². The molecule has 1 atom stereocenters. The number of benzene rings is 1. The van der Waals surface area contributed by atoms with E-state index in [0.29, 0.717) is 12.4 Å². The summed E-state index contributed by atoms with van der Waals surface area (Å²) in [6.07, 6.45) is 1.68. The van der Waals surface area contributed by atoms with Crippen molar-refractivity contribution in [2.24, 2.45) is 10.7 Å². The van der Waals surface area contributed by atoms with E-state index in [-0.39, 0.29) is 12.1 Å². The molecule has 2 rings (SSSR count). The average Bonchev–Trinajstić information content (AvgIpc) is 2.54. The maximum atomic E-state index is 11.7. The molecule has 0 aromatic heterocycles. The fourth-order valence-corrected chi connectivity index (χ4v) is 2.02. The summed E-state index contributed by atoms with van der Waals surface area (Å²) < 4.78 is 0. The third kappa shape index (κ3) is 2.06. The van der Waals surface area contributed by atoms with Crippen molar-refractivity contribution in [3.63, 3.8) is 0 Å². The summed E-state index contributed by atoms with van der Waals surface area (Å²) in [4.78, 5) is 17.1. The Balaban J connectivity index is 2.38. The lowest BCUT2D eigenvalue weighted by Gasteiger charge is -2.23. The maximum absolute atomic E-state index is 11.7. The highest BCUT2D eigenvalue weighted by Gasteiger charge is 2.33. The first-order valence-electron chi connectivity index (χ1n) is 5.45. The van der Waals surface area contributed by atoms with Crippen molar-refractivity contribution in [3.05, 3.63) is 48.0 Å². The number of amides is 2. The zero-order chi connectivity index (χ0) is 12.4. The number of aliphatic imine (C=N–C) groups is 1. The van der Waals surface area contributed by atoms with Crippen molar-refractivity contribution in [2.45, 2.75) is 13.0 Å². The molecule has 0 fully saturated rings. The molecule has 1 heterocycles. The van der Waals surface area contributed by atoms with Crippen LogP contribution in [0.25, 0.3) is 0 Å². The number of hydrogen-bond acceptors (Lipinski definition) is 2. The molecule has 0 bridgehead atoms. The van der Waals surface area contributed by atoms with Gasteiger partial charge in [-0.05, 0) is 12.5 Å². The summed E-state index contributed by atoms with van der Waals surface area (Å²) >= 11 is 0. The lowest BCUT2D eigenvalue weighted by atomic mass is 10.0. The topological polar surface area (TPSA) is 58.7 Å². The molecule has 0 saturated heterocycles. The summed E-state index contributed by atoms with van der Waals surface area (Å²) in [6.45, 7) is 6.10. The molecule has 1 unspecified atom stereocenters. The second-order valence-corrected chi connectivity index (χ2v) is 4.08. The van der Waals surface area contributed by atoms with Crippen molar-refractivity contribution in [1.29, 1.82) is 0 Å². The smallest absolute Gasteiger partial charge is 0.346 e.